The number of nitrogens with zero attached hydrogens (tertiary/aromatic N) is 2. The summed E-state index contributed by atoms with van der Waals surface area (Å²) < 4.78 is 73.9. The van der Waals surface area contributed by atoms with Gasteiger partial charge >= 0.3 is 35.2 Å². The smallest absolute Gasteiger partial charge is 0.374 e. The van der Waals surface area contributed by atoms with Crippen LogP contribution in [0.3, 0.4) is 0 Å². The maximum absolute atomic E-state index is 6.16. The molecule has 0 spiro atoms. The van der Waals surface area contributed by atoms with Crippen molar-refractivity contribution in [3.8, 4) is 11.6 Å². The average Bonchev–Trinajstić information content (AvgIpc) is 2.28. The van der Waals surface area contributed by atoms with E-state index in [1.54, 1.807) is 0 Å². The highest BCUT2D eigenvalue weighted by atomic mass is 28.4. The molecule has 0 fully saturated rings. The molecule has 0 radical (unpaired) electrons. The Kier molecular flexibility index (Phi) is 29.6. The Morgan fingerprint density at radius 2 is 0.465 bits per heavy atom. The third kappa shape index (κ3) is 21.0. The number of hydrogen-bond donors (Lipinski definition) is 6. The Labute approximate surface area is 516 Å². The van der Waals surface area contributed by atoms with Gasteiger partial charge in [0.15, 0.2) is 34.9 Å². The molecule has 2 aromatic heterocycles. The van der Waals surface area contributed by atoms with Crippen LogP contribution in [0, 0.1) is 0 Å². The van der Waals surface area contributed by atoms with Gasteiger partial charge in [0.2, 0.25) is 0 Å². The van der Waals surface area contributed by atoms with E-state index in [1.807, 2.05) is 83.1 Å². The van der Waals surface area contributed by atoms with Crippen LogP contribution in [0.2, 0.25) is 24.2 Å². The molecule has 24 heteroatoms. The zero-order chi connectivity index (χ0) is 61.7. The molecule has 6 aromatic rings. The first-order valence-corrected chi connectivity index (χ1v) is 38.9. The Hall–Kier alpha value is -5.11. The lowest BCUT2D eigenvalue weighted by atomic mass is 10.1. The predicted octanol–water partition coefficient (Wildman–Crippen LogP) is 14.1. The van der Waals surface area contributed by atoms with Gasteiger partial charge in [-0.05, 0) is 180 Å². The standard InChI is InChI=1S/C62H98N8O12Si4/c1-13-71-83(72-14-2,73-15-3)45-41-49-25-33-53(34-26-49)63-57-58(64-54-35-27-50(28-36-54)42-46-84(74-16-4,75-17-5)76-18-6)68-61(67-57)62-69-59(65-55-37-29-51(30-38-55)43-47-85(77-19-7,78-20-8)79-21-9)60(70-62)66-56-39-31-52(32-40-56)44-48-86(80-22-10,81-23-11)82-24-12/h25-40,63-66H,13-24,41-48H2,1-12H3,(H,67,68)(H,69,70). The van der Waals surface area contributed by atoms with Gasteiger partial charge in [-0.25, -0.2) is 9.97 Å². The number of hydrogen-bond acceptors (Lipinski definition) is 18. The van der Waals surface area contributed by atoms with Crippen molar-refractivity contribution in [3.63, 3.8) is 0 Å². The van der Waals surface area contributed by atoms with E-state index in [2.05, 4.69) is 128 Å². The number of aromatic amines is 2. The Bertz CT molecular complexity index is 2390. The zero-order valence-corrected chi connectivity index (χ0v) is 57.2. The van der Waals surface area contributed by atoms with E-state index < -0.39 is 35.2 Å². The summed E-state index contributed by atoms with van der Waals surface area (Å²) in [6, 6.07) is 36.1. The number of aromatic nitrogens is 4. The number of aryl methyl sites for hydroxylation is 4. The lowest BCUT2D eigenvalue weighted by molar-refractivity contribution is 0.0706. The highest BCUT2D eigenvalue weighted by Gasteiger charge is 2.43. The van der Waals surface area contributed by atoms with Crippen LogP contribution in [0.25, 0.3) is 11.6 Å². The minimum Gasteiger partial charge on any atom is -0.374 e. The molecule has 20 nitrogen and oxygen atoms in total. The molecule has 0 amide bonds. The molecule has 6 rings (SSSR count). The lowest BCUT2D eigenvalue weighted by Gasteiger charge is -2.28. The third-order valence-electron chi connectivity index (χ3n) is 13.8. The van der Waals surface area contributed by atoms with Crippen molar-refractivity contribution in [3.05, 3.63) is 119 Å². The highest BCUT2D eigenvalue weighted by Crippen LogP contribution is 2.35. The van der Waals surface area contributed by atoms with Crippen molar-refractivity contribution < 1.29 is 53.1 Å². The Morgan fingerprint density at radius 3 is 0.651 bits per heavy atom. The summed E-state index contributed by atoms with van der Waals surface area (Å²) in [6.07, 6.45) is 2.97. The van der Waals surface area contributed by atoms with E-state index in [4.69, 9.17) is 63.1 Å². The van der Waals surface area contributed by atoms with Crippen LogP contribution in [0.15, 0.2) is 97.1 Å². The quantitative estimate of drug-likeness (QED) is 0.0196. The molecular weight excluding hydrogens is 1160 g/mol. The van der Waals surface area contributed by atoms with E-state index in [1.165, 1.54) is 0 Å². The molecule has 474 valence electrons. The molecule has 2 heterocycles. The van der Waals surface area contributed by atoms with E-state index >= 15 is 0 Å². The second-order valence-corrected chi connectivity index (χ2v) is 30.8. The van der Waals surface area contributed by atoms with Crippen LogP contribution in [-0.4, -0.2) is 134 Å². The number of benzene rings is 4. The van der Waals surface area contributed by atoms with Gasteiger partial charge in [-0.3, -0.25) is 0 Å². The Balaban J connectivity index is 1.33. The van der Waals surface area contributed by atoms with Gasteiger partial charge in [-0.2, -0.15) is 0 Å². The first-order valence-electron chi connectivity index (χ1n) is 31.2. The minimum atomic E-state index is -2.83. The number of H-pyrrole nitrogens is 2. The topological polar surface area (TPSA) is 216 Å². The summed E-state index contributed by atoms with van der Waals surface area (Å²) in [4.78, 5) is 17.5. The van der Waals surface area contributed by atoms with Gasteiger partial charge in [0.25, 0.3) is 0 Å². The first kappa shape index (κ1) is 70.0. The van der Waals surface area contributed by atoms with Crippen LogP contribution in [0.1, 0.15) is 105 Å². The fraction of sp³-hybridized carbons (Fsp3) is 0.516. The summed E-state index contributed by atoms with van der Waals surface area (Å²) in [7, 11) is -11.3. The van der Waals surface area contributed by atoms with Crippen molar-refractivity contribution in [2.24, 2.45) is 0 Å². The number of nitrogens with one attached hydrogen (secondary N) is 6. The van der Waals surface area contributed by atoms with Gasteiger partial charge in [0.05, 0.1) is 0 Å². The second-order valence-electron chi connectivity index (χ2n) is 19.8. The monoisotopic (exact) mass is 1260 g/mol. The maximum Gasteiger partial charge on any atom is 0.501 e. The zero-order valence-electron chi connectivity index (χ0n) is 53.2. The van der Waals surface area contributed by atoms with Crippen LogP contribution in [0.4, 0.5) is 46.0 Å². The molecular formula is C62H98N8O12Si4. The summed E-state index contributed by atoms with van der Waals surface area (Å²) >= 11 is 0. The van der Waals surface area contributed by atoms with Crippen molar-refractivity contribution in [2.75, 3.05) is 101 Å². The highest BCUT2D eigenvalue weighted by molar-refractivity contribution is 6.62. The van der Waals surface area contributed by atoms with Gasteiger partial charge in [0, 0.05) is 126 Å². The molecule has 6 N–H and O–H groups in total. The fourth-order valence-corrected chi connectivity index (χ4v) is 20.5. The first-order chi connectivity index (χ1) is 41.8. The predicted molar refractivity (Wildman–Crippen MR) is 352 cm³/mol. The van der Waals surface area contributed by atoms with Gasteiger partial charge < -0.3 is 84.3 Å². The summed E-state index contributed by atoms with van der Waals surface area (Å²) in [6.45, 7) is 30.1. The molecule has 0 saturated heterocycles. The van der Waals surface area contributed by atoms with E-state index in [0.29, 0.717) is 138 Å². The molecule has 4 aromatic carbocycles. The summed E-state index contributed by atoms with van der Waals surface area (Å²) in [5, 5.41) is 14.4. The average molecular weight is 1260 g/mol. The van der Waals surface area contributed by atoms with E-state index in [-0.39, 0.29) is 0 Å². The van der Waals surface area contributed by atoms with Crippen molar-refractivity contribution in [1.29, 1.82) is 0 Å². The van der Waals surface area contributed by atoms with Crippen molar-refractivity contribution in [1.82, 2.24) is 19.9 Å². The second kappa shape index (κ2) is 36.4. The molecule has 0 aliphatic heterocycles. The van der Waals surface area contributed by atoms with Crippen LogP contribution in [0.5, 0.6) is 0 Å². The fourth-order valence-electron chi connectivity index (χ4n) is 10.1. The van der Waals surface area contributed by atoms with Crippen LogP contribution >= 0.6 is 0 Å². The van der Waals surface area contributed by atoms with E-state index in [9.17, 15) is 0 Å². The molecule has 0 atom stereocenters. The van der Waals surface area contributed by atoms with Gasteiger partial charge in [-0.15, -0.1) is 0 Å². The lowest BCUT2D eigenvalue weighted by Crippen LogP contribution is -2.46. The van der Waals surface area contributed by atoms with Crippen molar-refractivity contribution in [2.45, 2.75) is 133 Å². The largest absolute Gasteiger partial charge is 0.501 e. The molecule has 0 aliphatic rings. The molecule has 0 bridgehead atoms. The molecule has 0 saturated carbocycles. The minimum absolute atomic E-state index is 0.495. The van der Waals surface area contributed by atoms with Crippen LogP contribution in [-0.2, 0) is 78.8 Å². The maximum atomic E-state index is 6.16. The van der Waals surface area contributed by atoms with E-state index in [0.717, 1.165) is 70.7 Å². The summed E-state index contributed by atoms with van der Waals surface area (Å²) in [5.74, 6) is 3.39. The summed E-state index contributed by atoms with van der Waals surface area (Å²) in [5.41, 5.74) is 7.96. The third-order valence-corrected chi connectivity index (χ3v) is 26.0. The van der Waals surface area contributed by atoms with Gasteiger partial charge in [0.1, 0.15) is 0 Å². The van der Waals surface area contributed by atoms with Crippen LogP contribution < -0.4 is 21.3 Å². The van der Waals surface area contributed by atoms with Gasteiger partial charge in [-0.1, -0.05) is 48.5 Å². The molecule has 86 heavy (non-hydrogen) atoms. The van der Waals surface area contributed by atoms with Crippen molar-refractivity contribution >= 4 is 81.2 Å². The number of anilines is 8. The normalized spacial score (nSPS) is 12.3. The molecule has 0 unspecified atom stereocenters. The SMILES string of the molecule is CCO[Si](CCc1ccc(Nc2nc(-c3nc(Nc4ccc(CC[Si](OCC)(OCC)OCC)cc4)c(Nc4ccc(CC[Si](OCC)(OCC)OCC)cc4)[nH]3)[nH]c2Nc2ccc(CC[Si](OCC)(OCC)OCC)cc2)cc1)(OCC)OCC. The number of rotatable bonds is 45. The number of imidazole rings is 2. The Morgan fingerprint density at radius 1 is 0.279 bits per heavy atom. The molecule has 0 aliphatic carbocycles.